The molecule has 2 aliphatic rings. The summed E-state index contributed by atoms with van der Waals surface area (Å²) in [5, 5.41) is 1.89. The van der Waals surface area contributed by atoms with Crippen LogP contribution in [0.25, 0.3) is 78.1 Å². The molecule has 1 aliphatic heterocycles. The minimum atomic E-state index is -0.585. The number of para-hydroxylation sites is 1. The SMILES string of the molecule is c1ccc(-c2ccc(-c3cc(-c4cccc5oc6ccc7c(c6c45)Oc4ccccc4C74c5ccccc5-c5ccccc54)nc(-c4ccccc4)n3)cc2)cc1. The van der Waals surface area contributed by atoms with Crippen molar-refractivity contribution in [1.29, 1.82) is 0 Å². The third kappa shape index (κ3) is 4.62. The molecular weight excluding hydrogens is 697 g/mol. The second-order valence-electron chi connectivity index (χ2n) is 14.8. The first kappa shape index (κ1) is 31.8. The molecule has 12 rings (SSSR count). The monoisotopic (exact) mass is 728 g/mol. The molecule has 0 atom stereocenters. The molecule has 4 heteroatoms. The molecule has 10 aromatic rings. The molecule has 1 spiro atoms. The molecule has 266 valence electrons. The van der Waals surface area contributed by atoms with Crippen LogP contribution in [-0.4, -0.2) is 9.97 Å². The van der Waals surface area contributed by atoms with E-state index in [-0.39, 0.29) is 0 Å². The molecule has 1 aliphatic carbocycles. The fraction of sp³-hybridized carbons (Fsp3) is 0.0189. The van der Waals surface area contributed by atoms with Crippen molar-refractivity contribution >= 4 is 21.9 Å². The zero-order valence-electron chi connectivity index (χ0n) is 30.7. The molecule has 0 bridgehead atoms. The first-order valence-corrected chi connectivity index (χ1v) is 19.3. The number of hydrogen-bond acceptors (Lipinski definition) is 4. The molecule has 0 fully saturated rings. The van der Waals surface area contributed by atoms with E-state index in [0.717, 1.165) is 78.2 Å². The van der Waals surface area contributed by atoms with Crippen LogP contribution in [0.4, 0.5) is 0 Å². The Labute approximate surface area is 329 Å². The van der Waals surface area contributed by atoms with Crippen molar-refractivity contribution in [1.82, 2.24) is 9.97 Å². The van der Waals surface area contributed by atoms with E-state index in [1.165, 1.54) is 27.8 Å². The Hall–Kier alpha value is -7.56. The number of rotatable bonds is 4. The number of aromatic nitrogens is 2. The summed E-state index contributed by atoms with van der Waals surface area (Å²) in [5.74, 6) is 2.30. The Kier molecular flexibility index (Phi) is 6.81. The summed E-state index contributed by atoms with van der Waals surface area (Å²) < 4.78 is 13.8. The first-order valence-electron chi connectivity index (χ1n) is 19.3. The summed E-state index contributed by atoms with van der Waals surface area (Å²) in [6.45, 7) is 0. The van der Waals surface area contributed by atoms with Gasteiger partial charge in [-0.2, -0.15) is 0 Å². The van der Waals surface area contributed by atoms with Gasteiger partial charge in [0.15, 0.2) is 5.82 Å². The zero-order valence-corrected chi connectivity index (χ0v) is 30.7. The van der Waals surface area contributed by atoms with Crippen LogP contribution in [0.3, 0.4) is 0 Å². The van der Waals surface area contributed by atoms with Gasteiger partial charge in [-0.1, -0.05) is 164 Å². The third-order valence-electron chi connectivity index (χ3n) is 11.8. The highest BCUT2D eigenvalue weighted by molar-refractivity contribution is 6.16. The van der Waals surface area contributed by atoms with Gasteiger partial charge in [0.1, 0.15) is 22.7 Å². The minimum absolute atomic E-state index is 0.585. The van der Waals surface area contributed by atoms with E-state index >= 15 is 0 Å². The lowest BCUT2D eigenvalue weighted by atomic mass is 9.66. The van der Waals surface area contributed by atoms with Gasteiger partial charge in [-0.3, -0.25) is 0 Å². The maximum Gasteiger partial charge on any atom is 0.160 e. The van der Waals surface area contributed by atoms with Gasteiger partial charge in [0.2, 0.25) is 0 Å². The van der Waals surface area contributed by atoms with Crippen LogP contribution in [0.15, 0.2) is 199 Å². The van der Waals surface area contributed by atoms with Crippen molar-refractivity contribution in [2.45, 2.75) is 5.41 Å². The quantitative estimate of drug-likeness (QED) is 0.181. The number of nitrogens with zero attached hydrogens (tertiary/aromatic N) is 2. The van der Waals surface area contributed by atoms with Crippen LogP contribution in [0.5, 0.6) is 11.5 Å². The third-order valence-corrected chi connectivity index (χ3v) is 11.8. The van der Waals surface area contributed by atoms with Gasteiger partial charge in [-0.25, -0.2) is 9.97 Å². The Morgan fingerprint density at radius 3 is 1.67 bits per heavy atom. The van der Waals surface area contributed by atoms with Crippen molar-refractivity contribution < 1.29 is 9.15 Å². The number of ether oxygens (including phenoxy) is 1. The van der Waals surface area contributed by atoms with Gasteiger partial charge < -0.3 is 9.15 Å². The topological polar surface area (TPSA) is 48.2 Å². The minimum Gasteiger partial charge on any atom is -0.456 e. The molecule has 0 N–H and O–H groups in total. The molecule has 2 aromatic heterocycles. The van der Waals surface area contributed by atoms with Crippen molar-refractivity contribution in [2.24, 2.45) is 0 Å². The molecule has 8 aromatic carbocycles. The normalized spacial score (nSPS) is 13.2. The summed E-state index contributed by atoms with van der Waals surface area (Å²) >= 11 is 0. The fourth-order valence-electron chi connectivity index (χ4n) is 9.34. The van der Waals surface area contributed by atoms with Gasteiger partial charge in [0.05, 0.1) is 22.2 Å². The van der Waals surface area contributed by atoms with Gasteiger partial charge >= 0.3 is 0 Å². The maximum atomic E-state index is 7.11. The average Bonchev–Trinajstić information content (AvgIpc) is 3.82. The average molecular weight is 729 g/mol. The van der Waals surface area contributed by atoms with Crippen molar-refractivity contribution in [3.05, 3.63) is 216 Å². The molecule has 0 saturated carbocycles. The molecule has 3 heterocycles. The van der Waals surface area contributed by atoms with E-state index in [2.05, 4.69) is 158 Å². The molecule has 0 unspecified atom stereocenters. The summed E-state index contributed by atoms with van der Waals surface area (Å²) in [6.07, 6.45) is 0. The summed E-state index contributed by atoms with van der Waals surface area (Å²) in [7, 11) is 0. The lowest BCUT2D eigenvalue weighted by Crippen LogP contribution is -2.32. The van der Waals surface area contributed by atoms with E-state index in [0.29, 0.717) is 5.82 Å². The van der Waals surface area contributed by atoms with Gasteiger partial charge in [-0.15, -0.1) is 0 Å². The smallest absolute Gasteiger partial charge is 0.160 e. The van der Waals surface area contributed by atoms with Crippen LogP contribution in [0.2, 0.25) is 0 Å². The second-order valence-corrected chi connectivity index (χ2v) is 14.8. The van der Waals surface area contributed by atoms with E-state index in [1.807, 2.05) is 36.4 Å². The van der Waals surface area contributed by atoms with Crippen LogP contribution in [0.1, 0.15) is 22.3 Å². The van der Waals surface area contributed by atoms with Gasteiger partial charge in [0.25, 0.3) is 0 Å². The zero-order chi connectivity index (χ0) is 37.5. The predicted molar refractivity (Wildman–Crippen MR) is 228 cm³/mol. The molecule has 0 amide bonds. The highest BCUT2D eigenvalue weighted by Gasteiger charge is 2.51. The van der Waals surface area contributed by atoms with Crippen LogP contribution in [-0.2, 0) is 5.41 Å². The number of benzene rings is 8. The Morgan fingerprint density at radius 2 is 0.930 bits per heavy atom. The van der Waals surface area contributed by atoms with Crippen molar-refractivity contribution in [3.63, 3.8) is 0 Å². The van der Waals surface area contributed by atoms with Crippen LogP contribution >= 0.6 is 0 Å². The molecular formula is C53H32N2O2. The number of fused-ring (bicyclic) bond motifs is 13. The fourth-order valence-corrected chi connectivity index (χ4v) is 9.34. The summed E-state index contributed by atoms with van der Waals surface area (Å²) in [4.78, 5) is 10.4. The Bertz CT molecular complexity index is 3160. The molecule has 0 radical (unpaired) electrons. The van der Waals surface area contributed by atoms with Crippen LogP contribution in [0, 0.1) is 0 Å². The first-order chi connectivity index (χ1) is 28.3. The number of furan rings is 1. The largest absolute Gasteiger partial charge is 0.456 e. The molecule has 57 heavy (non-hydrogen) atoms. The highest BCUT2D eigenvalue weighted by atomic mass is 16.5. The predicted octanol–water partition coefficient (Wildman–Crippen LogP) is 13.5. The van der Waals surface area contributed by atoms with Gasteiger partial charge in [-0.05, 0) is 63.7 Å². The molecule has 0 saturated heterocycles. The summed E-state index contributed by atoms with van der Waals surface area (Å²) in [5.41, 5.74) is 15.1. The number of hydrogen-bond donors (Lipinski definition) is 0. The van der Waals surface area contributed by atoms with Crippen molar-refractivity contribution in [2.75, 3.05) is 0 Å². The molecule has 4 nitrogen and oxygen atoms in total. The van der Waals surface area contributed by atoms with Crippen LogP contribution < -0.4 is 4.74 Å². The van der Waals surface area contributed by atoms with E-state index in [4.69, 9.17) is 19.1 Å². The lowest BCUT2D eigenvalue weighted by molar-refractivity contribution is 0.441. The highest BCUT2D eigenvalue weighted by Crippen LogP contribution is 2.63. The second kappa shape index (κ2) is 12.2. The Morgan fingerprint density at radius 1 is 0.368 bits per heavy atom. The standard InChI is InChI=1S/C53H32N2O2/c1-3-14-33(15-4-1)34-26-28-35(29-27-34)44-32-45(55-52(54-44)36-16-5-2-6-17-36)39-20-13-25-47-49(39)50-48(56-47)31-30-43-51(50)57-46-24-12-11-23-42(46)53(43)40-21-9-7-18-37(40)38-19-8-10-22-41(38)53/h1-32H. The lowest BCUT2D eigenvalue weighted by Gasteiger charge is -2.39. The maximum absolute atomic E-state index is 7.11. The Balaban J connectivity index is 1.12. The van der Waals surface area contributed by atoms with E-state index in [9.17, 15) is 0 Å². The summed E-state index contributed by atoms with van der Waals surface area (Å²) in [6, 6.07) is 68.1. The van der Waals surface area contributed by atoms with Crippen molar-refractivity contribution in [3.8, 4) is 67.7 Å². The van der Waals surface area contributed by atoms with E-state index < -0.39 is 5.41 Å². The van der Waals surface area contributed by atoms with E-state index in [1.54, 1.807) is 0 Å². The van der Waals surface area contributed by atoms with Gasteiger partial charge in [0, 0.05) is 33.2 Å².